The van der Waals surface area contributed by atoms with Gasteiger partial charge in [0.1, 0.15) is 5.75 Å². The van der Waals surface area contributed by atoms with Gasteiger partial charge in [-0.25, -0.2) is 20.4 Å². The summed E-state index contributed by atoms with van der Waals surface area (Å²) in [7, 11) is 1.18. The van der Waals surface area contributed by atoms with Crippen LogP contribution in [0.15, 0.2) is 24.3 Å². The van der Waals surface area contributed by atoms with E-state index in [9.17, 15) is 14.4 Å². The Morgan fingerprint density at radius 3 is 2.58 bits per heavy atom. The molecule has 1 aliphatic rings. The average molecular weight is 336 g/mol. The van der Waals surface area contributed by atoms with Gasteiger partial charge in [0.15, 0.2) is 0 Å². The van der Waals surface area contributed by atoms with E-state index in [1.54, 1.807) is 29.2 Å². The highest BCUT2D eigenvalue weighted by atomic mass is 16.5. The molecule has 1 aliphatic heterocycles. The molecule has 1 heterocycles. The van der Waals surface area contributed by atoms with Gasteiger partial charge in [-0.15, -0.1) is 0 Å². The third kappa shape index (κ3) is 4.51. The van der Waals surface area contributed by atoms with E-state index in [0.717, 1.165) is 11.4 Å². The van der Waals surface area contributed by atoms with Crippen molar-refractivity contribution in [3.63, 3.8) is 0 Å². The molecule has 1 fully saturated rings. The number of urea groups is 1. The second-order valence-electron chi connectivity index (χ2n) is 5.05. The van der Waals surface area contributed by atoms with Gasteiger partial charge in [-0.3, -0.25) is 4.79 Å². The van der Waals surface area contributed by atoms with E-state index in [1.807, 2.05) is 12.3 Å². The Kier molecular flexibility index (Phi) is 5.83. The Labute approximate surface area is 139 Å². The quantitative estimate of drug-likeness (QED) is 0.704. The molecule has 0 radical (unpaired) electrons. The molecule has 24 heavy (non-hydrogen) atoms. The van der Waals surface area contributed by atoms with Crippen molar-refractivity contribution >= 4 is 23.7 Å². The van der Waals surface area contributed by atoms with Gasteiger partial charge in [0, 0.05) is 18.7 Å². The van der Waals surface area contributed by atoms with Gasteiger partial charge in [-0.05, 0) is 31.2 Å². The number of anilines is 1. The fraction of sp³-hybridized carbons (Fsp3) is 0.400. The van der Waals surface area contributed by atoms with Crippen LogP contribution in [0.4, 0.5) is 15.3 Å². The van der Waals surface area contributed by atoms with Crippen LogP contribution < -0.4 is 25.8 Å². The number of nitrogens with one attached hydrogen (secondary N) is 3. The summed E-state index contributed by atoms with van der Waals surface area (Å²) in [5, 5.41) is 2.61. The van der Waals surface area contributed by atoms with E-state index in [2.05, 4.69) is 15.5 Å². The standard InChI is InChI=1S/C15H20N4O5/c1-3-24-12-6-4-11(5-7-12)19-9-10(8-13(19)20)16-14(21)17-18-15(22)23-2/h4-7,10H,3,8-9H2,1-2H3,(H,18,22)(H2,16,17,21)/t10-/m1/s1. The fourth-order valence-electron chi connectivity index (χ4n) is 2.32. The normalized spacial score (nSPS) is 16.5. The first-order valence-electron chi connectivity index (χ1n) is 7.47. The Morgan fingerprint density at radius 1 is 1.25 bits per heavy atom. The number of hydrazine groups is 1. The molecule has 0 aromatic heterocycles. The monoisotopic (exact) mass is 336 g/mol. The molecule has 1 aromatic carbocycles. The topological polar surface area (TPSA) is 109 Å². The van der Waals surface area contributed by atoms with Gasteiger partial charge in [-0.1, -0.05) is 0 Å². The largest absolute Gasteiger partial charge is 0.494 e. The predicted octanol–water partition coefficient (Wildman–Crippen LogP) is 0.761. The highest BCUT2D eigenvalue weighted by Crippen LogP contribution is 2.24. The summed E-state index contributed by atoms with van der Waals surface area (Å²) in [5.74, 6) is 0.640. The van der Waals surface area contributed by atoms with Crippen molar-refractivity contribution in [1.29, 1.82) is 0 Å². The number of carbonyl (C=O) groups is 3. The van der Waals surface area contributed by atoms with E-state index in [1.165, 1.54) is 7.11 Å². The van der Waals surface area contributed by atoms with Crippen molar-refractivity contribution in [2.45, 2.75) is 19.4 Å². The van der Waals surface area contributed by atoms with Gasteiger partial charge in [0.2, 0.25) is 5.91 Å². The molecular formula is C15H20N4O5. The summed E-state index contributed by atoms with van der Waals surface area (Å²) in [6.07, 6.45) is -0.609. The van der Waals surface area contributed by atoms with Gasteiger partial charge in [0.25, 0.3) is 0 Å². The van der Waals surface area contributed by atoms with Crippen LogP contribution in [-0.2, 0) is 9.53 Å². The summed E-state index contributed by atoms with van der Waals surface area (Å²) in [6.45, 7) is 2.81. The van der Waals surface area contributed by atoms with Crippen LogP contribution in [0.1, 0.15) is 13.3 Å². The maximum Gasteiger partial charge on any atom is 0.425 e. The SMILES string of the molecule is CCOc1ccc(N2C[C@H](NC(=O)NNC(=O)OC)CC2=O)cc1. The molecule has 1 saturated heterocycles. The van der Waals surface area contributed by atoms with Crippen LogP contribution >= 0.6 is 0 Å². The van der Waals surface area contributed by atoms with E-state index >= 15 is 0 Å². The van der Waals surface area contributed by atoms with Crippen LogP contribution in [-0.4, -0.2) is 44.3 Å². The van der Waals surface area contributed by atoms with Crippen LogP contribution in [0.25, 0.3) is 0 Å². The molecule has 9 heteroatoms. The Hall–Kier alpha value is -2.97. The van der Waals surface area contributed by atoms with Crippen LogP contribution in [0.3, 0.4) is 0 Å². The maximum absolute atomic E-state index is 12.1. The molecule has 1 aromatic rings. The van der Waals surface area contributed by atoms with Crippen molar-refractivity contribution in [2.24, 2.45) is 0 Å². The number of hydrogen-bond acceptors (Lipinski definition) is 5. The van der Waals surface area contributed by atoms with Crippen molar-refractivity contribution in [1.82, 2.24) is 16.2 Å². The predicted molar refractivity (Wildman–Crippen MR) is 85.6 cm³/mol. The van der Waals surface area contributed by atoms with E-state index in [4.69, 9.17) is 4.74 Å². The molecule has 4 amide bonds. The van der Waals surface area contributed by atoms with Gasteiger partial charge >= 0.3 is 12.1 Å². The average Bonchev–Trinajstić information content (AvgIpc) is 2.94. The first kappa shape index (κ1) is 17.4. The summed E-state index contributed by atoms with van der Waals surface area (Å²) in [5.41, 5.74) is 4.91. The van der Waals surface area contributed by atoms with Crippen molar-refractivity contribution < 1.29 is 23.9 Å². The molecule has 0 saturated carbocycles. The van der Waals surface area contributed by atoms with Crippen molar-refractivity contribution in [3.8, 4) is 5.75 Å². The zero-order valence-electron chi connectivity index (χ0n) is 13.5. The summed E-state index contributed by atoms with van der Waals surface area (Å²) in [4.78, 5) is 36.2. The fourth-order valence-corrected chi connectivity index (χ4v) is 2.32. The zero-order valence-corrected chi connectivity index (χ0v) is 13.5. The minimum atomic E-state index is -0.788. The van der Waals surface area contributed by atoms with E-state index in [0.29, 0.717) is 13.2 Å². The molecule has 0 bridgehead atoms. The summed E-state index contributed by atoms with van der Waals surface area (Å²) >= 11 is 0. The lowest BCUT2D eigenvalue weighted by molar-refractivity contribution is -0.117. The molecule has 130 valence electrons. The third-order valence-corrected chi connectivity index (χ3v) is 3.38. The van der Waals surface area contributed by atoms with Crippen molar-refractivity contribution in [2.75, 3.05) is 25.2 Å². The first-order valence-corrected chi connectivity index (χ1v) is 7.47. The Bertz CT molecular complexity index is 604. The molecular weight excluding hydrogens is 316 g/mol. The minimum absolute atomic E-state index is 0.0922. The maximum atomic E-state index is 12.1. The second-order valence-corrected chi connectivity index (χ2v) is 5.05. The Morgan fingerprint density at radius 2 is 1.96 bits per heavy atom. The zero-order chi connectivity index (χ0) is 17.5. The highest BCUT2D eigenvalue weighted by molar-refractivity contribution is 5.96. The molecule has 1 atom stereocenters. The number of nitrogens with zero attached hydrogens (tertiary/aromatic N) is 1. The number of hydrogen-bond donors (Lipinski definition) is 3. The van der Waals surface area contributed by atoms with Crippen LogP contribution in [0, 0.1) is 0 Å². The van der Waals surface area contributed by atoms with Crippen LogP contribution in [0.5, 0.6) is 5.75 Å². The molecule has 3 N–H and O–H groups in total. The third-order valence-electron chi connectivity index (χ3n) is 3.38. The molecule has 0 spiro atoms. The van der Waals surface area contributed by atoms with Gasteiger partial charge < -0.3 is 19.7 Å². The molecule has 2 rings (SSSR count). The number of rotatable bonds is 4. The molecule has 0 unspecified atom stereocenters. The van der Waals surface area contributed by atoms with Crippen molar-refractivity contribution in [3.05, 3.63) is 24.3 Å². The Balaban J connectivity index is 1.88. The molecule has 9 nitrogen and oxygen atoms in total. The first-order chi connectivity index (χ1) is 11.5. The summed E-state index contributed by atoms with van der Waals surface area (Å²) < 4.78 is 9.69. The van der Waals surface area contributed by atoms with Gasteiger partial charge in [-0.2, -0.15) is 0 Å². The number of carbonyl (C=O) groups excluding carboxylic acids is 3. The van der Waals surface area contributed by atoms with E-state index in [-0.39, 0.29) is 18.4 Å². The number of benzene rings is 1. The summed E-state index contributed by atoms with van der Waals surface area (Å²) in [6, 6.07) is 6.20. The lowest BCUT2D eigenvalue weighted by atomic mass is 10.2. The van der Waals surface area contributed by atoms with E-state index < -0.39 is 12.1 Å². The number of methoxy groups -OCH3 is 1. The lowest BCUT2D eigenvalue weighted by Gasteiger charge is -2.18. The smallest absolute Gasteiger partial charge is 0.425 e. The second kappa shape index (κ2) is 8.04. The van der Waals surface area contributed by atoms with Gasteiger partial charge in [0.05, 0.1) is 19.8 Å². The lowest BCUT2D eigenvalue weighted by Crippen LogP contribution is -2.50. The van der Waals surface area contributed by atoms with Crippen LogP contribution in [0.2, 0.25) is 0 Å². The highest BCUT2D eigenvalue weighted by Gasteiger charge is 2.31. The minimum Gasteiger partial charge on any atom is -0.494 e. The number of amides is 4. The number of ether oxygens (including phenoxy) is 2. The molecule has 0 aliphatic carbocycles.